The van der Waals surface area contributed by atoms with Crippen LogP contribution in [-0.4, -0.2) is 65.3 Å². The normalized spacial score (nSPS) is 21.0. The molecular weight excluding hydrogens is 248 g/mol. The second-order valence-corrected chi connectivity index (χ2v) is 4.89. The zero-order chi connectivity index (χ0) is 14.4. The SMILES string of the molecule is CCC(C)N(CC(=O)O)C(=O)N1CCOCC1CC. The van der Waals surface area contributed by atoms with Crippen LogP contribution >= 0.6 is 0 Å². The van der Waals surface area contributed by atoms with Crippen LogP contribution in [0.1, 0.15) is 33.6 Å². The summed E-state index contributed by atoms with van der Waals surface area (Å²) in [6.45, 7) is 7.16. The van der Waals surface area contributed by atoms with Crippen LogP contribution < -0.4 is 0 Å². The number of morpholine rings is 1. The monoisotopic (exact) mass is 272 g/mol. The molecule has 0 bridgehead atoms. The molecule has 6 nitrogen and oxygen atoms in total. The summed E-state index contributed by atoms with van der Waals surface area (Å²) in [5.74, 6) is -0.977. The zero-order valence-electron chi connectivity index (χ0n) is 12.0. The van der Waals surface area contributed by atoms with Crippen molar-refractivity contribution in [1.29, 1.82) is 0 Å². The van der Waals surface area contributed by atoms with E-state index in [9.17, 15) is 9.59 Å². The van der Waals surface area contributed by atoms with Crippen molar-refractivity contribution < 1.29 is 19.4 Å². The molecule has 1 aliphatic heterocycles. The molecule has 1 rings (SSSR count). The van der Waals surface area contributed by atoms with Gasteiger partial charge in [-0.1, -0.05) is 13.8 Å². The van der Waals surface area contributed by atoms with Crippen LogP contribution in [0.3, 0.4) is 0 Å². The Hall–Kier alpha value is -1.30. The van der Waals surface area contributed by atoms with Crippen LogP contribution in [0.5, 0.6) is 0 Å². The number of hydrogen-bond donors (Lipinski definition) is 1. The highest BCUT2D eigenvalue weighted by molar-refractivity contribution is 5.80. The van der Waals surface area contributed by atoms with Crippen molar-refractivity contribution in [2.24, 2.45) is 0 Å². The molecule has 1 aliphatic rings. The Bertz CT molecular complexity index is 322. The van der Waals surface area contributed by atoms with E-state index in [1.165, 1.54) is 4.90 Å². The highest BCUT2D eigenvalue weighted by atomic mass is 16.5. The van der Waals surface area contributed by atoms with Gasteiger partial charge >= 0.3 is 12.0 Å². The van der Waals surface area contributed by atoms with Gasteiger partial charge in [0.15, 0.2) is 0 Å². The Morgan fingerprint density at radius 1 is 1.47 bits per heavy atom. The first-order chi connectivity index (χ1) is 9.01. The topological polar surface area (TPSA) is 70.1 Å². The van der Waals surface area contributed by atoms with Crippen molar-refractivity contribution >= 4 is 12.0 Å². The number of carboxylic acid groups (broad SMARTS) is 1. The van der Waals surface area contributed by atoms with Gasteiger partial charge in [-0.05, 0) is 19.8 Å². The Balaban J connectivity index is 2.81. The maximum absolute atomic E-state index is 12.5. The predicted molar refractivity (Wildman–Crippen MR) is 71.1 cm³/mol. The number of urea groups is 1. The van der Waals surface area contributed by atoms with E-state index in [1.54, 1.807) is 4.90 Å². The second kappa shape index (κ2) is 7.33. The molecule has 0 aromatic heterocycles. The fourth-order valence-electron chi connectivity index (χ4n) is 2.19. The molecule has 2 amide bonds. The highest BCUT2D eigenvalue weighted by Gasteiger charge is 2.32. The molecule has 0 saturated carbocycles. The molecule has 6 heteroatoms. The molecule has 1 fully saturated rings. The third kappa shape index (κ3) is 4.09. The standard InChI is InChI=1S/C13H24N2O4/c1-4-10(3)15(8-12(16)17)13(18)14-6-7-19-9-11(14)5-2/h10-11H,4-9H2,1-3H3,(H,16,17). The van der Waals surface area contributed by atoms with E-state index in [2.05, 4.69) is 0 Å². The summed E-state index contributed by atoms with van der Waals surface area (Å²) in [7, 11) is 0. The molecule has 1 heterocycles. The first-order valence-corrected chi connectivity index (χ1v) is 6.88. The summed E-state index contributed by atoms with van der Waals surface area (Å²) in [4.78, 5) is 26.7. The lowest BCUT2D eigenvalue weighted by Crippen LogP contribution is -2.56. The number of nitrogens with zero attached hydrogens (tertiary/aromatic N) is 2. The molecule has 2 atom stereocenters. The number of carbonyl (C=O) groups excluding carboxylic acids is 1. The number of carboxylic acids is 1. The number of ether oxygens (including phenoxy) is 1. The molecule has 0 aliphatic carbocycles. The quantitative estimate of drug-likeness (QED) is 0.821. The number of rotatable bonds is 5. The van der Waals surface area contributed by atoms with Gasteiger partial charge in [-0.2, -0.15) is 0 Å². The van der Waals surface area contributed by atoms with Crippen LogP contribution in [0.25, 0.3) is 0 Å². The van der Waals surface area contributed by atoms with Gasteiger partial charge in [0.05, 0.1) is 19.3 Å². The van der Waals surface area contributed by atoms with Crippen LogP contribution in [0.4, 0.5) is 4.79 Å². The van der Waals surface area contributed by atoms with Gasteiger partial charge in [0.1, 0.15) is 6.54 Å². The van der Waals surface area contributed by atoms with Crippen molar-refractivity contribution in [2.45, 2.75) is 45.7 Å². The summed E-state index contributed by atoms with van der Waals surface area (Å²) in [5.41, 5.74) is 0. The third-order valence-corrected chi connectivity index (χ3v) is 3.62. The van der Waals surface area contributed by atoms with Crippen molar-refractivity contribution in [2.75, 3.05) is 26.3 Å². The van der Waals surface area contributed by atoms with Gasteiger partial charge in [0, 0.05) is 12.6 Å². The Morgan fingerprint density at radius 2 is 2.16 bits per heavy atom. The molecule has 0 aromatic rings. The van der Waals surface area contributed by atoms with Crippen molar-refractivity contribution in [1.82, 2.24) is 9.80 Å². The lowest BCUT2D eigenvalue weighted by Gasteiger charge is -2.39. The minimum Gasteiger partial charge on any atom is -0.480 e. The van der Waals surface area contributed by atoms with Gasteiger partial charge < -0.3 is 19.6 Å². The van der Waals surface area contributed by atoms with Crippen molar-refractivity contribution in [3.8, 4) is 0 Å². The van der Waals surface area contributed by atoms with Crippen molar-refractivity contribution in [3.63, 3.8) is 0 Å². The minimum absolute atomic E-state index is 0.0431. The molecule has 2 unspecified atom stereocenters. The summed E-state index contributed by atoms with van der Waals surface area (Å²) in [5, 5.41) is 8.96. The Labute approximate surface area is 114 Å². The molecule has 19 heavy (non-hydrogen) atoms. The summed E-state index contributed by atoms with van der Waals surface area (Å²) in [6, 6.07) is -0.225. The predicted octanol–water partition coefficient (Wildman–Crippen LogP) is 1.40. The number of hydrogen-bond acceptors (Lipinski definition) is 3. The average molecular weight is 272 g/mol. The van der Waals surface area contributed by atoms with Crippen LogP contribution in [0, 0.1) is 0 Å². The van der Waals surface area contributed by atoms with Crippen LogP contribution in [-0.2, 0) is 9.53 Å². The lowest BCUT2D eigenvalue weighted by atomic mass is 10.1. The molecule has 1 saturated heterocycles. The van der Waals surface area contributed by atoms with E-state index in [0.717, 1.165) is 12.8 Å². The Morgan fingerprint density at radius 3 is 2.68 bits per heavy atom. The van der Waals surface area contributed by atoms with E-state index < -0.39 is 5.97 Å². The van der Waals surface area contributed by atoms with Crippen LogP contribution in [0.2, 0.25) is 0 Å². The zero-order valence-corrected chi connectivity index (χ0v) is 12.0. The van der Waals surface area contributed by atoms with Gasteiger partial charge in [-0.3, -0.25) is 4.79 Å². The molecule has 110 valence electrons. The lowest BCUT2D eigenvalue weighted by molar-refractivity contribution is -0.138. The fraction of sp³-hybridized carbons (Fsp3) is 0.846. The fourth-order valence-corrected chi connectivity index (χ4v) is 2.19. The minimum atomic E-state index is -0.977. The highest BCUT2D eigenvalue weighted by Crippen LogP contribution is 2.15. The van der Waals surface area contributed by atoms with E-state index in [0.29, 0.717) is 19.8 Å². The summed E-state index contributed by atoms with van der Waals surface area (Å²) >= 11 is 0. The maximum Gasteiger partial charge on any atom is 0.323 e. The number of carbonyl (C=O) groups is 2. The second-order valence-electron chi connectivity index (χ2n) is 4.89. The molecular formula is C13H24N2O4. The Kier molecular flexibility index (Phi) is 6.08. The van der Waals surface area contributed by atoms with Gasteiger partial charge in [0.2, 0.25) is 0 Å². The first kappa shape index (κ1) is 15.8. The van der Waals surface area contributed by atoms with E-state index in [4.69, 9.17) is 9.84 Å². The molecule has 0 radical (unpaired) electrons. The van der Waals surface area contributed by atoms with E-state index >= 15 is 0 Å². The van der Waals surface area contributed by atoms with Crippen molar-refractivity contribution in [3.05, 3.63) is 0 Å². The van der Waals surface area contributed by atoms with E-state index in [1.807, 2.05) is 20.8 Å². The smallest absolute Gasteiger partial charge is 0.323 e. The number of amides is 2. The van der Waals surface area contributed by atoms with Gasteiger partial charge in [0.25, 0.3) is 0 Å². The number of aliphatic carboxylic acids is 1. The van der Waals surface area contributed by atoms with Gasteiger partial charge in [-0.25, -0.2) is 4.79 Å². The maximum atomic E-state index is 12.5. The third-order valence-electron chi connectivity index (χ3n) is 3.62. The average Bonchev–Trinajstić information content (AvgIpc) is 2.42. The molecule has 1 N–H and O–H groups in total. The molecule has 0 aromatic carbocycles. The van der Waals surface area contributed by atoms with Gasteiger partial charge in [-0.15, -0.1) is 0 Å². The summed E-state index contributed by atoms with van der Waals surface area (Å²) < 4.78 is 5.37. The molecule has 0 spiro atoms. The largest absolute Gasteiger partial charge is 0.480 e. The van der Waals surface area contributed by atoms with E-state index in [-0.39, 0.29) is 24.7 Å². The first-order valence-electron chi connectivity index (χ1n) is 6.88. The summed E-state index contributed by atoms with van der Waals surface area (Å²) in [6.07, 6.45) is 1.55. The van der Waals surface area contributed by atoms with Crippen LogP contribution in [0.15, 0.2) is 0 Å².